The van der Waals surface area contributed by atoms with Gasteiger partial charge >= 0.3 is 13.6 Å². The van der Waals surface area contributed by atoms with Crippen LogP contribution in [0.4, 0.5) is 0 Å². The van der Waals surface area contributed by atoms with Gasteiger partial charge in [-0.2, -0.15) is 0 Å². The van der Waals surface area contributed by atoms with Gasteiger partial charge in [0.1, 0.15) is 0 Å². The maximum atomic E-state index is 12.1. The van der Waals surface area contributed by atoms with Crippen molar-refractivity contribution in [3.63, 3.8) is 0 Å². The molecule has 0 atom stereocenters. The molecule has 0 aliphatic heterocycles. The molecule has 0 bridgehead atoms. The summed E-state index contributed by atoms with van der Waals surface area (Å²) in [6, 6.07) is 0. The van der Waals surface area contributed by atoms with Crippen LogP contribution in [0.3, 0.4) is 0 Å². The third-order valence-electron chi connectivity index (χ3n) is 4.25. The Morgan fingerprint density at radius 1 is 0.531 bits per heavy atom. The Balaban J connectivity index is 0. The summed E-state index contributed by atoms with van der Waals surface area (Å²) in [7, 11) is 0. The second kappa shape index (κ2) is 22.4. The first-order chi connectivity index (χ1) is 15.2. The zero-order valence-corrected chi connectivity index (χ0v) is 25.0. The molecule has 0 aliphatic carbocycles. The van der Waals surface area contributed by atoms with E-state index in [0.717, 1.165) is 50.8 Å². The van der Waals surface area contributed by atoms with Crippen LogP contribution in [0.5, 0.6) is 0 Å². The molecule has 0 rings (SSSR count). The van der Waals surface area contributed by atoms with E-state index >= 15 is 0 Å². The Morgan fingerprint density at radius 3 is 0.969 bits per heavy atom. The van der Waals surface area contributed by atoms with Crippen LogP contribution in [0.1, 0.15) is 55.4 Å². The largest absolute Gasteiger partial charge is 0.389 e. The highest BCUT2D eigenvalue weighted by atomic mass is 32.7. The van der Waals surface area contributed by atoms with Gasteiger partial charge < -0.3 is 27.9 Å². The fraction of sp³-hybridized carbons (Fsp3) is 1.00. The van der Waals surface area contributed by atoms with E-state index in [1.165, 1.54) is 22.8 Å². The highest BCUT2D eigenvalue weighted by molar-refractivity contribution is 8.55. The van der Waals surface area contributed by atoms with Crippen LogP contribution >= 0.6 is 36.4 Å². The summed E-state index contributed by atoms with van der Waals surface area (Å²) in [6.07, 6.45) is 0. The molecule has 0 saturated heterocycles. The van der Waals surface area contributed by atoms with Gasteiger partial charge in [0.15, 0.2) is 0 Å². The molecule has 0 aliphatic rings. The second-order valence-electron chi connectivity index (χ2n) is 6.29. The van der Waals surface area contributed by atoms with Gasteiger partial charge in [-0.3, -0.25) is 0 Å². The fourth-order valence-electron chi connectivity index (χ4n) is 2.50. The highest BCUT2D eigenvalue weighted by Gasteiger charge is 2.25. The van der Waals surface area contributed by atoms with Gasteiger partial charge in [-0.15, -0.1) is 0 Å². The van der Waals surface area contributed by atoms with Gasteiger partial charge in [-0.05, 0) is 76.6 Å². The zero-order valence-electron chi connectivity index (χ0n) is 21.5. The fourth-order valence-corrected chi connectivity index (χ4v) is 9.33. The SMILES string of the molecule is CCOP(=O)(OCC)SCCN(CC)CC.CCOP(=O)(OCC)SCCN(CC)CC. The Bertz CT molecular complexity index is 448. The molecule has 0 heterocycles. The minimum atomic E-state index is -2.91. The molecule has 0 saturated carbocycles. The third kappa shape index (κ3) is 18.3. The van der Waals surface area contributed by atoms with Crippen molar-refractivity contribution in [2.45, 2.75) is 55.4 Å². The van der Waals surface area contributed by atoms with E-state index in [1.807, 2.05) is 27.7 Å². The quantitative estimate of drug-likeness (QED) is 0.161. The number of hydrogen-bond acceptors (Lipinski definition) is 10. The second-order valence-corrected chi connectivity index (χ2v) is 14.7. The molecular formula is C20H48N2O6P2S2. The third-order valence-corrected chi connectivity index (χ3v) is 12.2. The van der Waals surface area contributed by atoms with E-state index in [-0.39, 0.29) is 0 Å². The molecule has 0 unspecified atom stereocenters. The van der Waals surface area contributed by atoms with Crippen LogP contribution in [-0.2, 0) is 27.2 Å². The summed E-state index contributed by atoms with van der Waals surface area (Å²) in [5.74, 6) is 1.55. The average Bonchev–Trinajstić information content (AvgIpc) is 2.75. The van der Waals surface area contributed by atoms with Crippen LogP contribution in [-0.4, -0.2) is 87.0 Å². The molecule has 32 heavy (non-hydrogen) atoms. The predicted molar refractivity (Wildman–Crippen MR) is 142 cm³/mol. The molecule has 0 amide bonds. The zero-order chi connectivity index (χ0) is 24.9. The van der Waals surface area contributed by atoms with Crippen LogP contribution in [0, 0.1) is 0 Å². The summed E-state index contributed by atoms with van der Waals surface area (Å²) in [5, 5.41) is 0. The van der Waals surface area contributed by atoms with E-state index in [4.69, 9.17) is 18.1 Å². The van der Waals surface area contributed by atoms with E-state index < -0.39 is 13.6 Å². The smallest absolute Gasteiger partial charge is 0.303 e. The molecule has 0 aromatic carbocycles. The summed E-state index contributed by atoms with van der Waals surface area (Å²) in [6.45, 7) is 17.6. The van der Waals surface area contributed by atoms with Gasteiger partial charge in [0, 0.05) is 24.6 Å². The van der Waals surface area contributed by atoms with Crippen LogP contribution in [0.25, 0.3) is 0 Å². The van der Waals surface area contributed by atoms with Crippen molar-refractivity contribution in [2.75, 3.05) is 77.2 Å². The summed E-state index contributed by atoms with van der Waals surface area (Å²) in [4.78, 5) is 4.57. The lowest BCUT2D eigenvalue weighted by Gasteiger charge is -2.20. The predicted octanol–water partition coefficient (Wildman–Crippen LogP) is 6.49. The van der Waals surface area contributed by atoms with Crippen molar-refractivity contribution in [3.8, 4) is 0 Å². The van der Waals surface area contributed by atoms with Gasteiger partial charge in [0.2, 0.25) is 0 Å². The molecule has 0 aromatic rings. The Morgan fingerprint density at radius 2 is 0.781 bits per heavy atom. The Kier molecular flexibility index (Phi) is 24.5. The van der Waals surface area contributed by atoms with E-state index in [9.17, 15) is 9.13 Å². The van der Waals surface area contributed by atoms with Crippen molar-refractivity contribution in [1.82, 2.24) is 9.80 Å². The maximum Gasteiger partial charge on any atom is 0.389 e. The van der Waals surface area contributed by atoms with Crippen molar-refractivity contribution in [3.05, 3.63) is 0 Å². The first-order valence-electron chi connectivity index (χ1n) is 11.7. The molecule has 0 N–H and O–H groups in total. The van der Waals surface area contributed by atoms with Crippen molar-refractivity contribution < 1.29 is 27.2 Å². The monoisotopic (exact) mass is 538 g/mol. The summed E-state index contributed by atoms with van der Waals surface area (Å²) in [5.41, 5.74) is 0. The Labute approximate surface area is 205 Å². The van der Waals surface area contributed by atoms with Crippen LogP contribution < -0.4 is 0 Å². The number of hydrogen-bond donors (Lipinski definition) is 0. The standard InChI is InChI=1S/2C10H24NO3PS/c2*1-5-11(6-2)9-10-16-15(12,13-7-3)14-8-4/h2*5-10H2,1-4H3. The van der Waals surface area contributed by atoms with Gasteiger partial charge in [-0.1, -0.05) is 27.7 Å². The first kappa shape index (κ1) is 35.1. The molecular weight excluding hydrogens is 490 g/mol. The number of nitrogens with zero attached hydrogens (tertiary/aromatic N) is 2. The molecule has 0 fully saturated rings. The number of rotatable bonds is 20. The first-order valence-corrected chi connectivity index (χ1v) is 18.0. The van der Waals surface area contributed by atoms with E-state index in [2.05, 4.69) is 37.5 Å². The lowest BCUT2D eigenvalue weighted by Crippen LogP contribution is -2.25. The molecule has 0 radical (unpaired) electrons. The van der Waals surface area contributed by atoms with Gasteiger partial charge in [-0.25, -0.2) is 9.13 Å². The topological polar surface area (TPSA) is 77.5 Å². The lowest BCUT2D eigenvalue weighted by molar-refractivity contribution is 0.235. The van der Waals surface area contributed by atoms with Gasteiger partial charge in [0.05, 0.1) is 26.4 Å². The summed E-state index contributed by atoms with van der Waals surface area (Å²) < 4.78 is 44.9. The molecule has 8 nitrogen and oxygen atoms in total. The van der Waals surface area contributed by atoms with Crippen LogP contribution in [0.2, 0.25) is 0 Å². The summed E-state index contributed by atoms with van der Waals surface area (Å²) >= 11 is 2.60. The van der Waals surface area contributed by atoms with Crippen molar-refractivity contribution in [1.29, 1.82) is 0 Å². The van der Waals surface area contributed by atoms with Crippen molar-refractivity contribution in [2.24, 2.45) is 0 Å². The highest BCUT2D eigenvalue weighted by Crippen LogP contribution is 2.61. The van der Waals surface area contributed by atoms with Gasteiger partial charge in [0.25, 0.3) is 0 Å². The van der Waals surface area contributed by atoms with E-state index in [1.54, 1.807) is 0 Å². The molecule has 0 spiro atoms. The molecule has 196 valence electrons. The minimum absolute atomic E-state index is 0.426. The Hall–Kier alpha value is 0.920. The minimum Gasteiger partial charge on any atom is -0.303 e. The van der Waals surface area contributed by atoms with Crippen LogP contribution in [0.15, 0.2) is 0 Å². The lowest BCUT2D eigenvalue weighted by atomic mass is 10.5. The van der Waals surface area contributed by atoms with E-state index in [0.29, 0.717) is 26.4 Å². The average molecular weight is 539 g/mol. The normalized spacial score (nSPS) is 12.3. The maximum absolute atomic E-state index is 12.1. The molecule has 12 heteroatoms. The van der Waals surface area contributed by atoms with Crippen molar-refractivity contribution >= 4 is 36.4 Å². The molecule has 0 aromatic heterocycles.